The number of halogens is 1. The molecule has 1 heterocycles. The van der Waals surface area contributed by atoms with E-state index < -0.39 is 0 Å². The summed E-state index contributed by atoms with van der Waals surface area (Å²) in [6.45, 7) is 2.24. The van der Waals surface area contributed by atoms with Crippen molar-refractivity contribution in [3.05, 3.63) is 27.4 Å². The molecule has 2 aromatic rings. The Morgan fingerprint density at radius 2 is 2.32 bits per heavy atom. The fourth-order valence-corrected chi connectivity index (χ4v) is 4.83. The molecule has 1 aromatic carbocycles. The number of aromatic amines is 1. The van der Waals surface area contributed by atoms with Gasteiger partial charge < -0.3 is 9.55 Å². The Labute approximate surface area is 131 Å². The molecule has 0 spiro atoms. The first-order valence-corrected chi connectivity index (χ1v) is 8.95. The molecule has 1 fully saturated rings. The van der Waals surface area contributed by atoms with Crippen molar-refractivity contribution in [2.45, 2.75) is 37.5 Å². The highest BCUT2D eigenvalue weighted by atomic mass is 79.9. The highest BCUT2D eigenvalue weighted by molar-refractivity contribution is 9.10. The van der Waals surface area contributed by atoms with Crippen LogP contribution in [0.25, 0.3) is 11.0 Å². The van der Waals surface area contributed by atoms with Gasteiger partial charge in [0.05, 0.1) is 11.0 Å². The van der Waals surface area contributed by atoms with Gasteiger partial charge in [0.1, 0.15) is 0 Å². The predicted octanol–water partition coefficient (Wildman–Crippen LogP) is 5.31. The van der Waals surface area contributed by atoms with E-state index in [9.17, 15) is 0 Å². The minimum Gasteiger partial charge on any atom is -0.331 e. The normalized spacial score (nSPS) is 23.3. The fourth-order valence-electron chi connectivity index (χ4n) is 3.00. The molecular weight excluding hydrogens is 340 g/mol. The maximum Gasteiger partial charge on any atom is 0.178 e. The van der Waals surface area contributed by atoms with Crippen molar-refractivity contribution in [2.75, 3.05) is 5.75 Å². The second-order valence-electron chi connectivity index (χ2n) is 5.01. The molecule has 3 rings (SSSR count). The molecule has 2 atom stereocenters. The van der Waals surface area contributed by atoms with Crippen LogP contribution in [0, 0.1) is 4.77 Å². The van der Waals surface area contributed by atoms with Gasteiger partial charge in [-0.25, -0.2) is 0 Å². The number of H-pyrrole nitrogens is 1. The Hall–Kier alpha value is -0.260. The van der Waals surface area contributed by atoms with Crippen molar-refractivity contribution in [2.24, 2.45) is 0 Å². The van der Waals surface area contributed by atoms with E-state index in [0.717, 1.165) is 20.0 Å². The molecule has 0 radical (unpaired) electrons. The Bertz CT molecular complexity index is 646. The van der Waals surface area contributed by atoms with Crippen molar-refractivity contribution >= 4 is 50.9 Å². The zero-order valence-corrected chi connectivity index (χ0v) is 14.1. The van der Waals surface area contributed by atoms with Gasteiger partial charge in [-0.2, -0.15) is 11.8 Å². The summed E-state index contributed by atoms with van der Waals surface area (Å²) < 4.78 is 4.30. The maximum atomic E-state index is 5.52. The molecule has 0 bridgehead atoms. The van der Waals surface area contributed by atoms with Crippen molar-refractivity contribution in [1.82, 2.24) is 9.55 Å². The Morgan fingerprint density at radius 1 is 1.47 bits per heavy atom. The third kappa shape index (κ3) is 2.65. The van der Waals surface area contributed by atoms with Gasteiger partial charge >= 0.3 is 0 Å². The lowest BCUT2D eigenvalue weighted by molar-refractivity contribution is 0.527. The van der Waals surface area contributed by atoms with Crippen LogP contribution < -0.4 is 0 Å². The third-order valence-electron chi connectivity index (χ3n) is 3.80. The second-order valence-corrected chi connectivity index (χ2v) is 7.89. The van der Waals surface area contributed by atoms with E-state index >= 15 is 0 Å². The van der Waals surface area contributed by atoms with E-state index in [-0.39, 0.29) is 0 Å². The number of fused-ring (bicyclic) bond motifs is 1. The van der Waals surface area contributed by atoms with E-state index in [1.54, 1.807) is 0 Å². The second kappa shape index (κ2) is 5.62. The lowest BCUT2D eigenvalue weighted by atomic mass is 10.2. The number of aromatic nitrogens is 2. The number of hydrogen-bond donors (Lipinski definition) is 1. The molecule has 1 N–H and O–H groups in total. The SMILES string of the molecule is CCSC1CCC(n2c(=S)[nH]c3ccc(Br)cc32)C1. The van der Waals surface area contributed by atoms with Crippen LogP contribution in [0.4, 0.5) is 0 Å². The van der Waals surface area contributed by atoms with E-state index in [2.05, 4.69) is 62.4 Å². The molecule has 2 unspecified atom stereocenters. The molecule has 1 saturated carbocycles. The van der Waals surface area contributed by atoms with Crippen molar-refractivity contribution in [1.29, 1.82) is 0 Å². The van der Waals surface area contributed by atoms with Crippen LogP contribution in [-0.4, -0.2) is 20.6 Å². The van der Waals surface area contributed by atoms with E-state index in [0.29, 0.717) is 6.04 Å². The summed E-state index contributed by atoms with van der Waals surface area (Å²) >= 11 is 11.2. The molecule has 1 aliphatic carbocycles. The predicted molar refractivity (Wildman–Crippen MR) is 89.6 cm³/mol. The average molecular weight is 357 g/mol. The van der Waals surface area contributed by atoms with Crippen LogP contribution >= 0.6 is 39.9 Å². The number of thioether (sulfide) groups is 1. The first-order chi connectivity index (χ1) is 9.19. The highest BCUT2D eigenvalue weighted by Gasteiger charge is 2.27. The summed E-state index contributed by atoms with van der Waals surface area (Å²) in [6.07, 6.45) is 3.79. The van der Waals surface area contributed by atoms with Crippen molar-refractivity contribution < 1.29 is 0 Å². The molecule has 102 valence electrons. The maximum absolute atomic E-state index is 5.52. The molecule has 2 nitrogen and oxygen atoms in total. The zero-order valence-electron chi connectivity index (χ0n) is 10.9. The average Bonchev–Trinajstić information content (AvgIpc) is 2.93. The van der Waals surface area contributed by atoms with E-state index in [1.807, 2.05) is 0 Å². The monoisotopic (exact) mass is 356 g/mol. The summed E-state index contributed by atoms with van der Waals surface area (Å²) in [5.41, 5.74) is 2.37. The van der Waals surface area contributed by atoms with Crippen LogP contribution in [0.15, 0.2) is 22.7 Å². The summed E-state index contributed by atoms with van der Waals surface area (Å²) in [5, 5.41) is 0.800. The number of nitrogens with one attached hydrogen (secondary N) is 1. The van der Waals surface area contributed by atoms with Crippen LogP contribution in [0.2, 0.25) is 0 Å². The molecular formula is C14H17BrN2S2. The summed E-state index contributed by atoms with van der Waals surface area (Å²) in [5.74, 6) is 1.21. The van der Waals surface area contributed by atoms with E-state index in [1.165, 1.54) is 30.5 Å². The molecule has 19 heavy (non-hydrogen) atoms. The lowest BCUT2D eigenvalue weighted by Gasteiger charge is -2.14. The fraction of sp³-hybridized carbons (Fsp3) is 0.500. The standard InChI is InChI=1S/C14H17BrN2S2/c1-2-19-11-5-4-10(8-11)17-13-7-9(15)3-6-12(13)16-14(17)18/h3,6-7,10-11H,2,4-5,8H2,1H3,(H,16,18). The quantitative estimate of drug-likeness (QED) is 0.752. The Balaban J connectivity index is 1.99. The number of rotatable bonds is 3. The minimum atomic E-state index is 0.555. The molecule has 1 aromatic heterocycles. The summed E-state index contributed by atoms with van der Waals surface area (Å²) in [4.78, 5) is 3.33. The summed E-state index contributed by atoms with van der Waals surface area (Å²) in [7, 11) is 0. The van der Waals surface area contributed by atoms with Gasteiger partial charge in [-0.15, -0.1) is 0 Å². The first-order valence-electron chi connectivity index (χ1n) is 6.70. The Morgan fingerprint density at radius 3 is 3.11 bits per heavy atom. The van der Waals surface area contributed by atoms with Gasteiger partial charge in [0, 0.05) is 15.8 Å². The minimum absolute atomic E-state index is 0.555. The topological polar surface area (TPSA) is 20.7 Å². The molecule has 5 heteroatoms. The Kier molecular flexibility index (Phi) is 4.06. The number of hydrogen-bond acceptors (Lipinski definition) is 2. The van der Waals surface area contributed by atoms with E-state index in [4.69, 9.17) is 12.2 Å². The van der Waals surface area contributed by atoms with Crippen molar-refractivity contribution in [3.8, 4) is 0 Å². The van der Waals surface area contributed by atoms with Gasteiger partial charge in [-0.1, -0.05) is 22.9 Å². The molecule has 0 aliphatic heterocycles. The largest absolute Gasteiger partial charge is 0.331 e. The van der Waals surface area contributed by atoms with Crippen LogP contribution in [0.1, 0.15) is 32.2 Å². The molecule has 1 aliphatic rings. The van der Waals surface area contributed by atoms with Gasteiger partial charge in [-0.05, 0) is 55.4 Å². The first kappa shape index (κ1) is 13.7. The van der Waals surface area contributed by atoms with Crippen LogP contribution in [0.5, 0.6) is 0 Å². The molecule has 0 amide bonds. The van der Waals surface area contributed by atoms with Crippen molar-refractivity contribution in [3.63, 3.8) is 0 Å². The van der Waals surface area contributed by atoms with Crippen LogP contribution in [0.3, 0.4) is 0 Å². The number of nitrogens with zero attached hydrogens (tertiary/aromatic N) is 1. The highest BCUT2D eigenvalue weighted by Crippen LogP contribution is 2.38. The van der Waals surface area contributed by atoms with Gasteiger partial charge in [-0.3, -0.25) is 0 Å². The van der Waals surface area contributed by atoms with Crippen LogP contribution in [-0.2, 0) is 0 Å². The third-order valence-corrected chi connectivity index (χ3v) is 5.83. The van der Waals surface area contributed by atoms with Gasteiger partial charge in [0.2, 0.25) is 0 Å². The van der Waals surface area contributed by atoms with Gasteiger partial charge in [0.25, 0.3) is 0 Å². The zero-order chi connectivity index (χ0) is 13.4. The number of imidazole rings is 1. The number of benzene rings is 1. The lowest BCUT2D eigenvalue weighted by Crippen LogP contribution is -2.06. The smallest absolute Gasteiger partial charge is 0.178 e. The summed E-state index contributed by atoms with van der Waals surface area (Å²) in [6, 6.07) is 6.88. The van der Waals surface area contributed by atoms with Gasteiger partial charge in [0.15, 0.2) is 4.77 Å². The molecule has 0 saturated heterocycles.